The number of nitrogens with zero attached hydrogens (tertiary/aromatic N) is 1. The summed E-state index contributed by atoms with van der Waals surface area (Å²) in [6, 6.07) is 0. The Morgan fingerprint density at radius 2 is 1.25 bits per heavy atom. The number of ether oxygens (including phenoxy) is 2. The molecular weight excluding hydrogens is 741 g/mol. The quantitative estimate of drug-likeness (QED) is 0.0162. The number of aliphatic hydroxyl groups is 1. The van der Waals surface area contributed by atoms with E-state index in [1.54, 1.807) is 6.08 Å². The number of carbonyl (C=O) groups excluding carboxylic acids is 2. The van der Waals surface area contributed by atoms with E-state index in [-0.39, 0.29) is 26.1 Å². The number of hydrogen-bond donors (Lipinski definition) is 1. The number of hydrogen-bond acceptors (Lipinski definition) is 9. The third-order valence-electron chi connectivity index (χ3n) is 8.48. The lowest BCUT2D eigenvalue weighted by Crippen LogP contribution is -2.37. The number of rotatable bonds is 37. The zero-order valence-electron chi connectivity index (χ0n) is 36.1. The fraction of sp³-hybridized carbons (Fsp3) is 0.652. The molecular formula is C46H78NO9P. The van der Waals surface area contributed by atoms with Crippen molar-refractivity contribution < 1.29 is 47.2 Å². The van der Waals surface area contributed by atoms with Gasteiger partial charge in [-0.05, 0) is 77.0 Å². The third-order valence-corrected chi connectivity index (χ3v) is 9.44. The van der Waals surface area contributed by atoms with E-state index in [0.29, 0.717) is 43.1 Å². The van der Waals surface area contributed by atoms with Crippen molar-refractivity contribution in [2.45, 2.75) is 148 Å². The number of allylic oxidation sites excluding steroid dienone is 12. The standard InChI is InChI=1S/C46H78NO9P/c1-6-8-10-12-14-15-16-17-18-19-20-21-25-29-33-37-45(49)53-41-44(42-55-57(51,52)54-40-39-47(3,4)5)56-46(50)38-34-30-26-22-24-28-32-36-43(48)35-31-27-23-13-11-9-7-2/h8,10,14-15,17-18,22-23,26-28,31-32,35,43-44,48H,6-7,9,11-13,16,19-21,24-25,29-30,33-34,36-42H2,1-5H3/b10-8-,15-14-,18-17-,26-22+,27-23-,32-28-,35-31-/t43-,44+/m0/s1. The Kier molecular flexibility index (Phi) is 35.6. The smallest absolute Gasteiger partial charge is 0.306 e. The number of unbranched alkanes of at least 4 members (excludes halogenated alkanes) is 9. The van der Waals surface area contributed by atoms with Gasteiger partial charge in [0, 0.05) is 12.8 Å². The summed E-state index contributed by atoms with van der Waals surface area (Å²) in [4.78, 5) is 37.5. The van der Waals surface area contributed by atoms with E-state index < -0.39 is 38.6 Å². The van der Waals surface area contributed by atoms with Crippen LogP contribution in [0.1, 0.15) is 136 Å². The SMILES string of the molecule is CC/C=C\C/C=C\C/C=C\CCCCCCCC(=O)OC[C@H](COP(=O)([O-])OCC[N+](C)(C)C)OC(=O)CCC/C=C/C/C=C\C[C@@H](O)/C=C\C=C/CCCCC. The summed E-state index contributed by atoms with van der Waals surface area (Å²) >= 11 is 0. The van der Waals surface area contributed by atoms with Crippen molar-refractivity contribution in [3.05, 3.63) is 85.1 Å². The summed E-state index contributed by atoms with van der Waals surface area (Å²) in [5, 5.41) is 10.1. The van der Waals surface area contributed by atoms with E-state index in [0.717, 1.165) is 57.8 Å². The predicted octanol–water partition coefficient (Wildman–Crippen LogP) is 10.4. The molecule has 0 aliphatic heterocycles. The van der Waals surface area contributed by atoms with Crippen LogP contribution in [0.5, 0.6) is 0 Å². The Balaban J connectivity index is 4.59. The van der Waals surface area contributed by atoms with E-state index in [4.69, 9.17) is 18.5 Å². The molecule has 326 valence electrons. The fourth-order valence-corrected chi connectivity index (χ4v) is 5.82. The van der Waals surface area contributed by atoms with Crippen LogP contribution in [0.4, 0.5) is 0 Å². The molecule has 0 aromatic carbocycles. The summed E-state index contributed by atoms with van der Waals surface area (Å²) in [6.07, 6.45) is 43.5. The van der Waals surface area contributed by atoms with Crippen LogP contribution in [-0.2, 0) is 32.7 Å². The average Bonchev–Trinajstić information content (AvgIpc) is 3.15. The Morgan fingerprint density at radius 3 is 1.93 bits per heavy atom. The van der Waals surface area contributed by atoms with E-state index in [1.807, 2.05) is 57.6 Å². The van der Waals surface area contributed by atoms with Crippen molar-refractivity contribution in [1.29, 1.82) is 0 Å². The molecule has 0 amide bonds. The van der Waals surface area contributed by atoms with Crippen molar-refractivity contribution in [3.63, 3.8) is 0 Å². The van der Waals surface area contributed by atoms with Gasteiger partial charge in [0.15, 0.2) is 6.10 Å². The summed E-state index contributed by atoms with van der Waals surface area (Å²) in [5.41, 5.74) is 0. The molecule has 10 nitrogen and oxygen atoms in total. The molecule has 0 fully saturated rings. The molecule has 0 saturated carbocycles. The van der Waals surface area contributed by atoms with Crippen LogP contribution in [0.25, 0.3) is 0 Å². The lowest BCUT2D eigenvalue weighted by Gasteiger charge is -2.28. The molecule has 0 spiro atoms. The van der Waals surface area contributed by atoms with Crippen molar-refractivity contribution in [1.82, 2.24) is 0 Å². The number of esters is 2. The van der Waals surface area contributed by atoms with Crippen LogP contribution in [-0.4, -0.2) is 81.2 Å². The molecule has 0 radical (unpaired) electrons. The largest absolute Gasteiger partial charge is 0.756 e. The minimum Gasteiger partial charge on any atom is -0.756 e. The van der Waals surface area contributed by atoms with Crippen LogP contribution in [0.3, 0.4) is 0 Å². The first-order valence-electron chi connectivity index (χ1n) is 21.4. The van der Waals surface area contributed by atoms with Gasteiger partial charge in [-0.15, -0.1) is 0 Å². The van der Waals surface area contributed by atoms with Crippen LogP contribution in [0.15, 0.2) is 85.1 Å². The Bertz CT molecular complexity index is 1260. The fourth-order valence-electron chi connectivity index (χ4n) is 5.09. The van der Waals surface area contributed by atoms with Crippen molar-refractivity contribution in [2.24, 2.45) is 0 Å². The first-order valence-corrected chi connectivity index (χ1v) is 22.9. The molecule has 1 unspecified atom stereocenters. The summed E-state index contributed by atoms with van der Waals surface area (Å²) in [6.45, 7) is 3.87. The molecule has 0 rings (SSSR count). The maximum Gasteiger partial charge on any atom is 0.306 e. The second kappa shape index (κ2) is 37.4. The van der Waals surface area contributed by atoms with E-state index in [2.05, 4.69) is 56.4 Å². The topological polar surface area (TPSA) is 131 Å². The summed E-state index contributed by atoms with van der Waals surface area (Å²) in [5.74, 6) is -0.971. The van der Waals surface area contributed by atoms with Gasteiger partial charge in [-0.3, -0.25) is 14.2 Å². The Morgan fingerprint density at radius 1 is 0.667 bits per heavy atom. The van der Waals surface area contributed by atoms with Crippen molar-refractivity contribution in [3.8, 4) is 0 Å². The zero-order chi connectivity index (χ0) is 42.3. The first-order chi connectivity index (χ1) is 27.4. The van der Waals surface area contributed by atoms with E-state index in [1.165, 1.54) is 19.3 Å². The van der Waals surface area contributed by atoms with Gasteiger partial charge in [-0.25, -0.2) is 0 Å². The molecule has 0 heterocycles. The second-order valence-electron chi connectivity index (χ2n) is 15.2. The van der Waals surface area contributed by atoms with Crippen molar-refractivity contribution in [2.75, 3.05) is 47.5 Å². The Hall–Kier alpha value is -2.85. The highest BCUT2D eigenvalue weighted by Gasteiger charge is 2.21. The minimum atomic E-state index is -4.66. The predicted molar refractivity (Wildman–Crippen MR) is 232 cm³/mol. The van der Waals surface area contributed by atoms with E-state index >= 15 is 0 Å². The maximum atomic E-state index is 12.6. The molecule has 57 heavy (non-hydrogen) atoms. The van der Waals surface area contributed by atoms with Crippen LogP contribution in [0, 0.1) is 0 Å². The minimum absolute atomic E-state index is 0.0603. The van der Waals surface area contributed by atoms with Gasteiger partial charge in [-0.1, -0.05) is 131 Å². The molecule has 0 aromatic rings. The molecule has 0 saturated heterocycles. The highest BCUT2D eigenvalue weighted by atomic mass is 31.2. The van der Waals surface area contributed by atoms with Gasteiger partial charge in [0.25, 0.3) is 7.82 Å². The van der Waals surface area contributed by atoms with Gasteiger partial charge >= 0.3 is 11.9 Å². The lowest BCUT2D eigenvalue weighted by molar-refractivity contribution is -0.870. The Labute approximate surface area is 346 Å². The average molecular weight is 820 g/mol. The van der Waals surface area contributed by atoms with Gasteiger partial charge in [0.2, 0.25) is 0 Å². The number of phosphoric acid groups is 1. The molecule has 1 N–H and O–H groups in total. The normalized spacial score (nSPS) is 15.0. The number of phosphoric ester groups is 1. The summed E-state index contributed by atoms with van der Waals surface area (Å²) in [7, 11) is 1.06. The maximum absolute atomic E-state index is 12.6. The summed E-state index contributed by atoms with van der Waals surface area (Å²) < 4.78 is 33.7. The van der Waals surface area contributed by atoms with Gasteiger partial charge in [0.1, 0.15) is 19.8 Å². The lowest BCUT2D eigenvalue weighted by atomic mass is 10.1. The molecule has 3 atom stereocenters. The number of likely N-dealkylation sites (N-methyl/N-ethyl adjacent to an activating group) is 1. The van der Waals surface area contributed by atoms with Gasteiger partial charge in [0.05, 0.1) is 33.9 Å². The van der Waals surface area contributed by atoms with Crippen LogP contribution in [0.2, 0.25) is 0 Å². The number of carbonyl (C=O) groups is 2. The van der Waals surface area contributed by atoms with Gasteiger partial charge in [-0.2, -0.15) is 0 Å². The van der Waals surface area contributed by atoms with Gasteiger partial charge < -0.3 is 33.0 Å². The monoisotopic (exact) mass is 820 g/mol. The zero-order valence-corrected chi connectivity index (χ0v) is 37.0. The number of quaternary nitrogens is 1. The highest BCUT2D eigenvalue weighted by molar-refractivity contribution is 7.45. The van der Waals surface area contributed by atoms with Crippen LogP contribution < -0.4 is 4.89 Å². The second-order valence-corrected chi connectivity index (χ2v) is 16.6. The molecule has 0 bridgehead atoms. The molecule has 0 aliphatic carbocycles. The van der Waals surface area contributed by atoms with E-state index in [9.17, 15) is 24.2 Å². The highest BCUT2D eigenvalue weighted by Crippen LogP contribution is 2.38. The molecule has 0 aromatic heterocycles. The third kappa shape index (κ3) is 41.1. The number of aliphatic hydroxyl groups excluding tert-OH is 1. The molecule has 0 aliphatic rings. The van der Waals surface area contributed by atoms with Crippen LogP contribution >= 0.6 is 7.82 Å². The van der Waals surface area contributed by atoms with Crippen molar-refractivity contribution >= 4 is 19.8 Å². The first kappa shape index (κ1) is 54.2. The molecule has 11 heteroatoms.